The van der Waals surface area contributed by atoms with Crippen LogP contribution in [-0.4, -0.2) is 28.8 Å². The van der Waals surface area contributed by atoms with Crippen molar-refractivity contribution in [2.45, 2.75) is 39.3 Å². The van der Waals surface area contributed by atoms with Crippen LogP contribution in [0.15, 0.2) is 18.2 Å². The number of aliphatic hydroxyl groups is 1. The highest BCUT2D eigenvalue weighted by atomic mass is 16.5. The van der Waals surface area contributed by atoms with Crippen LogP contribution in [0.2, 0.25) is 0 Å². The normalized spacial score (nSPS) is 10.5. The van der Waals surface area contributed by atoms with Gasteiger partial charge in [0.15, 0.2) is 0 Å². The van der Waals surface area contributed by atoms with Crippen molar-refractivity contribution < 1.29 is 19.7 Å². The Kier molecular flexibility index (Phi) is 6.15. The van der Waals surface area contributed by atoms with Crippen molar-refractivity contribution in [3.63, 3.8) is 0 Å². The Hall–Kier alpha value is -1.75. The number of ether oxygens (including phenoxy) is 1. The largest absolute Gasteiger partial charge is 0.507 e. The standard InChI is InChI=1S/C14H21NO4/c1-10(2)15-14(18)4-3-7-19-12-6-5-11(9-16)13(17)8-12/h5-6,8,10,16-17H,3-4,7,9H2,1-2H3,(H,15,18). The SMILES string of the molecule is CC(C)NC(=O)CCCOc1ccc(CO)c(O)c1. The smallest absolute Gasteiger partial charge is 0.220 e. The molecule has 1 amide bonds. The summed E-state index contributed by atoms with van der Waals surface area (Å²) in [5, 5.41) is 21.2. The molecule has 0 saturated heterocycles. The van der Waals surface area contributed by atoms with Crippen molar-refractivity contribution in [1.29, 1.82) is 0 Å². The summed E-state index contributed by atoms with van der Waals surface area (Å²) >= 11 is 0. The van der Waals surface area contributed by atoms with Crippen LogP contribution >= 0.6 is 0 Å². The molecule has 1 aromatic carbocycles. The summed E-state index contributed by atoms with van der Waals surface area (Å²) in [5.74, 6) is 0.550. The maximum atomic E-state index is 11.4. The van der Waals surface area contributed by atoms with E-state index in [1.165, 1.54) is 6.07 Å². The summed E-state index contributed by atoms with van der Waals surface area (Å²) in [6.07, 6.45) is 1.03. The first-order valence-electron chi connectivity index (χ1n) is 6.38. The van der Waals surface area contributed by atoms with Gasteiger partial charge >= 0.3 is 0 Å². The fraction of sp³-hybridized carbons (Fsp3) is 0.500. The van der Waals surface area contributed by atoms with Crippen molar-refractivity contribution in [2.24, 2.45) is 0 Å². The molecule has 0 aliphatic heterocycles. The molecular formula is C14H21NO4. The van der Waals surface area contributed by atoms with E-state index in [4.69, 9.17) is 9.84 Å². The van der Waals surface area contributed by atoms with Gasteiger partial charge in [-0.2, -0.15) is 0 Å². The molecule has 106 valence electrons. The van der Waals surface area contributed by atoms with Gasteiger partial charge in [-0.05, 0) is 32.4 Å². The van der Waals surface area contributed by atoms with Crippen LogP contribution in [0, 0.1) is 0 Å². The zero-order chi connectivity index (χ0) is 14.3. The minimum absolute atomic E-state index is 0.0112. The van der Waals surface area contributed by atoms with Crippen molar-refractivity contribution in [1.82, 2.24) is 5.32 Å². The zero-order valence-corrected chi connectivity index (χ0v) is 11.3. The lowest BCUT2D eigenvalue weighted by Gasteiger charge is -2.10. The van der Waals surface area contributed by atoms with E-state index in [0.717, 1.165) is 0 Å². The van der Waals surface area contributed by atoms with Crippen LogP contribution in [0.25, 0.3) is 0 Å². The molecule has 0 spiro atoms. The Morgan fingerprint density at radius 3 is 2.74 bits per heavy atom. The lowest BCUT2D eigenvalue weighted by molar-refractivity contribution is -0.121. The van der Waals surface area contributed by atoms with Crippen LogP contribution in [0.1, 0.15) is 32.3 Å². The van der Waals surface area contributed by atoms with Crippen LogP contribution in [0.5, 0.6) is 11.5 Å². The summed E-state index contributed by atoms with van der Waals surface area (Å²) in [6, 6.07) is 4.89. The highest BCUT2D eigenvalue weighted by Gasteiger charge is 2.04. The molecule has 0 aliphatic carbocycles. The second-order valence-corrected chi connectivity index (χ2v) is 4.62. The molecule has 1 rings (SSSR count). The van der Waals surface area contributed by atoms with Gasteiger partial charge in [0.05, 0.1) is 13.2 Å². The number of benzene rings is 1. The molecule has 0 bridgehead atoms. The third-order valence-electron chi connectivity index (χ3n) is 2.49. The molecule has 0 saturated carbocycles. The number of hydrogen-bond donors (Lipinski definition) is 3. The van der Waals surface area contributed by atoms with Gasteiger partial charge in [-0.15, -0.1) is 0 Å². The Bertz CT molecular complexity index is 418. The van der Waals surface area contributed by atoms with Gasteiger partial charge < -0.3 is 20.3 Å². The Balaban J connectivity index is 2.30. The van der Waals surface area contributed by atoms with E-state index in [1.807, 2.05) is 13.8 Å². The van der Waals surface area contributed by atoms with Gasteiger partial charge in [0.25, 0.3) is 0 Å². The monoisotopic (exact) mass is 267 g/mol. The summed E-state index contributed by atoms with van der Waals surface area (Å²) in [5.41, 5.74) is 0.462. The average Bonchev–Trinajstić information content (AvgIpc) is 2.34. The molecule has 1 aromatic rings. The summed E-state index contributed by atoms with van der Waals surface area (Å²) in [6.45, 7) is 4.03. The number of carbonyl (C=O) groups is 1. The molecule has 0 heterocycles. The number of aliphatic hydroxyl groups excluding tert-OH is 1. The van der Waals surface area contributed by atoms with E-state index < -0.39 is 0 Å². The van der Waals surface area contributed by atoms with Gasteiger partial charge in [0, 0.05) is 24.1 Å². The molecule has 0 fully saturated rings. The number of nitrogens with one attached hydrogen (secondary N) is 1. The Morgan fingerprint density at radius 1 is 1.42 bits per heavy atom. The van der Waals surface area contributed by atoms with E-state index in [-0.39, 0.29) is 24.3 Å². The number of amides is 1. The van der Waals surface area contributed by atoms with Gasteiger partial charge in [-0.3, -0.25) is 4.79 Å². The van der Waals surface area contributed by atoms with Gasteiger partial charge in [0.1, 0.15) is 11.5 Å². The van der Waals surface area contributed by atoms with E-state index in [1.54, 1.807) is 12.1 Å². The van der Waals surface area contributed by atoms with Crippen molar-refractivity contribution in [2.75, 3.05) is 6.61 Å². The van der Waals surface area contributed by atoms with Crippen LogP contribution < -0.4 is 10.1 Å². The number of rotatable bonds is 7. The molecular weight excluding hydrogens is 246 g/mol. The van der Waals surface area contributed by atoms with Gasteiger partial charge in [-0.25, -0.2) is 0 Å². The molecule has 5 nitrogen and oxygen atoms in total. The minimum Gasteiger partial charge on any atom is -0.507 e. The second-order valence-electron chi connectivity index (χ2n) is 4.62. The first-order valence-corrected chi connectivity index (χ1v) is 6.38. The van der Waals surface area contributed by atoms with Crippen LogP contribution in [0.4, 0.5) is 0 Å². The summed E-state index contributed by atoms with van der Waals surface area (Å²) in [4.78, 5) is 11.4. The predicted octanol–water partition coefficient (Wildman–Crippen LogP) is 1.57. The summed E-state index contributed by atoms with van der Waals surface area (Å²) in [7, 11) is 0. The molecule has 0 radical (unpaired) electrons. The lowest BCUT2D eigenvalue weighted by Crippen LogP contribution is -2.30. The maximum absolute atomic E-state index is 11.4. The quantitative estimate of drug-likeness (QED) is 0.655. The predicted molar refractivity (Wildman–Crippen MR) is 72.0 cm³/mol. The topological polar surface area (TPSA) is 78.8 Å². The van der Waals surface area contributed by atoms with Crippen molar-refractivity contribution in [3.8, 4) is 11.5 Å². The maximum Gasteiger partial charge on any atom is 0.220 e. The zero-order valence-electron chi connectivity index (χ0n) is 11.3. The molecule has 3 N–H and O–H groups in total. The minimum atomic E-state index is -0.207. The third-order valence-corrected chi connectivity index (χ3v) is 2.49. The van der Waals surface area contributed by atoms with Crippen molar-refractivity contribution in [3.05, 3.63) is 23.8 Å². The highest BCUT2D eigenvalue weighted by Crippen LogP contribution is 2.23. The van der Waals surface area contributed by atoms with E-state index in [9.17, 15) is 9.90 Å². The Morgan fingerprint density at radius 2 is 2.16 bits per heavy atom. The average molecular weight is 267 g/mol. The summed E-state index contributed by atoms with van der Waals surface area (Å²) < 4.78 is 5.42. The van der Waals surface area contributed by atoms with Crippen LogP contribution in [-0.2, 0) is 11.4 Å². The fourth-order valence-electron chi connectivity index (χ4n) is 1.58. The fourth-order valence-corrected chi connectivity index (χ4v) is 1.58. The second kappa shape index (κ2) is 7.63. The molecule has 0 aromatic heterocycles. The number of aromatic hydroxyl groups is 1. The van der Waals surface area contributed by atoms with E-state index in [0.29, 0.717) is 30.8 Å². The molecule has 5 heteroatoms. The molecule has 0 unspecified atom stereocenters. The lowest BCUT2D eigenvalue weighted by atomic mass is 10.2. The van der Waals surface area contributed by atoms with E-state index >= 15 is 0 Å². The Labute approximate surface area is 113 Å². The van der Waals surface area contributed by atoms with Gasteiger partial charge in [-0.1, -0.05) is 0 Å². The number of phenols is 1. The third kappa shape index (κ3) is 5.61. The number of carbonyl (C=O) groups excluding carboxylic acids is 1. The van der Waals surface area contributed by atoms with Crippen molar-refractivity contribution >= 4 is 5.91 Å². The number of hydrogen-bond acceptors (Lipinski definition) is 4. The molecule has 0 atom stereocenters. The van der Waals surface area contributed by atoms with Gasteiger partial charge in [0.2, 0.25) is 5.91 Å². The molecule has 19 heavy (non-hydrogen) atoms. The van der Waals surface area contributed by atoms with E-state index in [2.05, 4.69) is 5.32 Å². The first-order chi connectivity index (χ1) is 9.02. The van der Waals surface area contributed by atoms with Crippen LogP contribution in [0.3, 0.4) is 0 Å². The first kappa shape index (κ1) is 15.3. The highest BCUT2D eigenvalue weighted by molar-refractivity contribution is 5.76. The molecule has 0 aliphatic rings.